The maximum absolute atomic E-state index is 10.9. The van der Waals surface area contributed by atoms with Gasteiger partial charge in [0.1, 0.15) is 0 Å². The van der Waals surface area contributed by atoms with E-state index >= 15 is 0 Å². The van der Waals surface area contributed by atoms with Crippen LogP contribution >= 0.6 is 0 Å². The number of esters is 1. The van der Waals surface area contributed by atoms with Crippen molar-refractivity contribution in [1.82, 2.24) is 4.90 Å². The highest BCUT2D eigenvalue weighted by atomic mass is 16.5. The lowest BCUT2D eigenvalue weighted by Crippen LogP contribution is -2.24. The van der Waals surface area contributed by atoms with E-state index in [1.165, 1.54) is 12.8 Å². The average molecular weight is 157 g/mol. The van der Waals surface area contributed by atoms with Crippen molar-refractivity contribution in [3.05, 3.63) is 0 Å². The Kier molecular flexibility index (Phi) is 2.88. The van der Waals surface area contributed by atoms with E-state index in [1.807, 2.05) is 19.0 Å². The van der Waals surface area contributed by atoms with Gasteiger partial charge in [-0.25, -0.2) is 0 Å². The Morgan fingerprint density at radius 1 is 1.55 bits per heavy atom. The van der Waals surface area contributed by atoms with E-state index in [-0.39, 0.29) is 5.97 Å². The number of rotatable bonds is 4. The number of likely N-dealkylation sites (N-methyl/N-ethyl adjacent to an activating group) is 1. The molecule has 0 aromatic carbocycles. The predicted octanol–water partition coefficient (Wildman–Crippen LogP) is 0.501. The van der Waals surface area contributed by atoms with Crippen molar-refractivity contribution in [2.24, 2.45) is 5.92 Å². The van der Waals surface area contributed by atoms with E-state index in [1.54, 1.807) is 0 Å². The molecular formula is C8H15NO2. The van der Waals surface area contributed by atoms with Gasteiger partial charge in [-0.1, -0.05) is 0 Å². The summed E-state index contributed by atoms with van der Waals surface area (Å²) in [7, 11) is 3.72. The molecule has 0 saturated heterocycles. The van der Waals surface area contributed by atoms with E-state index in [9.17, 15) is 4.79 Å². The molecule has 0 aromatic rings. The van der Waals surface area contributed by atoms with E-state index in [0.29, 0.717) is 19.1 Å². The van der Waals surface area contributed by atoms with Crippen LogP contribution in [0.5, 0.6) is 0 Å². The predicted molar refractivity (Wildman–Crippen MR) is 42.2 cm³/mol. The highest BCUT2D eigenvalue weighted by Crippen LogP contribution is 2.28. The number of carbonyl (C=O) groups excluding carboxylic acids is 1. The van der Waals surface area contributed by atoms with E-state index < -0.39 is 0 Å². The van der Waals surface area contributed by atoms with Crippen LogP contribution in [0.4, 0.5) is 0 Å². The van der Waals surface area contributed by atoms with Gasteiger partial charge in [-0.05, 0) is 32.9 Å². The van der Waals surface area contributed by atoms with Crippen molar-refractivity contribution in [1.29, 1.82) is 0 Å². The van der Waals surface area contributed by atoms with Crippen LogP contribution in [0.1, 0.15) is 12.8 Å². The maximum Gasteiger partial charge on any atom is 0.320 e. The minimum Gasteiger partial charge on any atom is -0.464 e. The lowest BCUT2D eigenvalue weighted by atomic mass is 10.5. The molecule has 0 spiro atoms. The summed E-state index contributed by atoms with van der Waals surface area (Å²) in [5.74, 6) is 0.558. The monoisotopic (exact) mass is 157 g/mol. The summed E-state index contributed by atoms with van der Waals surface area (Å²) in [4.78, 5) is 12.7. The molecule has 0 bridgehead atoms. The van der Waals surface area contributed by atoms with Crippen molar-refractivity contribution < 1.29 is 9.53 Å². The first kappa shape index (κ1) is 8.53. The number of ether oxygens (including phenoxy) is 1. The summed E-state index contributed by atoms with van der Waals surface area (Å²) < 4.78 is 5.00. The van der Waals surface area contributed by atoms with Gasteiger partial charge in [0.15, 0.2) is 0 Å². The van der Waals surface area contributed by atoms with Crippen LogP contribution in [-0.4, -0.2) is 38.1 Å². The van der Waals surface area contributed by atoms with E-state index in [2.05, 4.69) is 0 Å². The van der Waals surface area contributed by atoms with Crippen LogP contribution < -0.4 is 0 Å². The summed E-state index contributed by atoms with van der Waals surface area (Å²) in [6.45, 7) is 1.03. The number of carbonyl (C=O) groups is 1. The highest BCUT2D eigenvalue weighted by molar-refractivity contribution is 5.71. The van der Waals surface area contributed by atoms with Crippen LogP contribution in [0.25, 0.3) is 0 Å². The van der Waals surface area contributed by atoms with Crippen molar-refractivity contribution in [3.63, 3.8) is 0 Å². The molecule has 0 unspecified atom stereocenters. The Morgan fingerprint density at radius 3 is 2.64 bits per heavy atom. The highest BCUT2D eigenvalue weighted by Gasteiger charge is 2.22. The minimum atomic E-state index is -0.109. The normalized spacial score (nSPS) is 17.0. The van der Waals surface area contributed by atoms with Crippen molar-refractivity contribution in [2.45, 2.75) is 12.8 Å². The second-order valence-electron chi connectivity index (χ2n) is 3.36. The maximum atomic E-state index is 10.9. The fourth-order valence-electron chi connectivity index (χ4n) is 0.799. The zero-order valence-electron chi connectivity index (χ0n) is 7.17. The molecule has 3 heteroatoms. The van der Waals surface area contributed by atoms with E-state index in [4.69, 9.17) is 4.74 Å². The minimum absolute atomic E-state index is 0.109. The van der Waals surface area contributed by atoms with Crippen molar-refractivity contribution in [3.8, 4) is 0 Å². The molecule has 3 nitrogen and oxygen atoms in total. The standard InChI is InChI=1S/C8H15NO2/c1-9(2)5-8(10)11-6-7-3-4-7/h7H,3-6H2,1-2H3. The molecule has 11 heavy (non-hydrogen) atoms. The molecule has 0 aliphatic heterocycles. The molecule has 0 heterocycles. The molecule has 64 valence electrons. The van der Waals surface area contributed by atoms with Gasteiger partial charge in [0, 0.05) is 0 Å². The molecule has 0 radical (unpaired) electrons. The SMILES string of the molecule is CN(C)CC(=O)OCC1CC1. The first-order chi connectivity index (χ1) is 5.18. The fraction of sp³-hybridized carbons (Fsp3) is 0.875. The largest absolute Gasteiger partial charge is 0.464 e. The summed E-state index contributed by atoms with van der Waals surface area (Å²) in [5, 5.41) is 0. The first-order valence-electron chi connectivity index (χ1n) is 3.99. The summed E-state index contributed by atoms with van der Waals surface area (Å²) >= 11 is 0. The van der Waals surface area contributed by atoms with Crippen LogP contribution in [0.3, 0.4) is 0 Å². The third-order valence-electron chi connectivity index (χ3n) is 1.62. The van der Waals surface area contributed by atoms with Crippen LogP contribution in [0.15, 0.2) is 0 Å². The number of hydrogen-bond donors (Lipinski definition) is 0. The number of hydrogen-bond acceptors (Lipinski definition) is 3. The molecule has 0 N–H and O–H groups in total. The van der Waals surface area contributed by atoms with Gasteiger partial charge in [0.2, 0.25) is 0 Å². The Bertz CT molecular complexity index is 141. The third kappa shape index (κ3) is 3.98. The molecule has 1 fully saturated rings. The van der Waals surface area contributed by atoms with Gasteiger partial charge in [-0.2, -0.15) is 0 Å². The Labute approximate surface area is 67.3 Å². The van der Waals surface area contributed by atoms with Gasteiger partial charge in [0.05, 0.1) is 13.2 Å². The summed E-state index contributed by atoms with van der Waals surface area (Å²) in [6.07, 6.45) is 2.46. The molecule has 0 atom stereocenters. The lowest BCUT2D eigenvalue weighted by molar-refractivity contribution is -0.144. The van der Waals surface area contributed by atoms with Gasteiger partial charge in [-0.3, -0.25) is 9.69 Å². The first-order valence-corrected chi connectivity index (χ1v) is 3.99. The lowest BCUT2D eigenvalue weighted by Gasteiger charge is -2.08. The van der Waals surface area contributed by atoms with E-state index in [0.717, 1.165) is 0 Å². The zero-order chi connectivity index (χ0) is 8.27. The quantitative estimate of drug-likeness (QED) is 0.557. The molecule has 1 saturated carbocycles. The molecule has 0 amide bonds. The molecule has 0 aromatic heterocycles. The van der Waals surface area contributed by atoms with Crippen LogP contribution in [0, 0.1) is 5.92 Å². The summed E-state index contributed by atoms with van der Waals surface area (Å²) in [6, 6.07) is 0. The van der Waals surface area contributed by atoms with Crippen molar-refractivity contribution >= 4 is 5.97 Å². The average Bonchev–Trinajstić information content (AvgIpc) is 2.63. The smallest absolute Gasteiger partial charge is 0.320 e. The van der Waals surface area contributed by atoms with Crippen LogP contribution in [-0.2, 0) is 9.53 Å². The van der Waals surface area contributed by atoms with Gasteiger partial charge < -0.3 is 4.74 Å². The third-order valence-corrected chi connectivity index (χ3v) is 1.62. The van der Waals surface area contributed by atoms with Gasteiger partial charge in [0.25, 0.3) is 0 Å². The topological polar surface area (TPSA) is 29.5 Å². The second-order valence-corrected chi connectivity index (χ2v) is 3.36. The Balaban J connectivity index is 2.00. The summed E-state index contributed by atoms with van der Waals surface area (Å²) in [5.41, 5.74) is 0. The van der Waals surface area contributed by atoms with Gasteiger partial charge in [-0.15, -0.1) is 0 Å². The van der Waals surface area contributed by atoms with Crippen molar-refractivity contribution in [2.75, 3.05) is 27.2 Å². The number of nitrogens with zero attached hydrogens (tertiary/aromatic N) is 1. The second kappa shape index (κ2) is 3.72. The molecule has 1 aliphatic rings. The Morgan fingerprint density at radius 2 is 2.18 bits per heavy atom. The van der Waals surface area contributed by atoms with Gasteiger partial charge >= 0.3 is 5.97 Å². The molecule has 1 rings (SSSR count). The molecular weight excluding hydrogens is 142 g/mol. The Hall–Kier alpha value is -0.570. The molecule has 1 aliphatic carbocycles. The zero-order valence-corrected chi connectivity index (χ0v) is 7.17. The van der Waals surface area contributed by atoms with Crippen LogP contribution in [0.2, 0.25) is 0 Å². The fourth-order valence-corrected chi connectivity index (χ4v) is 0.799.